The van der Waals surface area contributed by atoms with E-state index in [1.807, 2.05) is 27.7 Å². The first-order valence-corrected chi connectivity index (χ1v) is 5.92. The molecule has 0 aliphatic rings. The Balaban J connectivity index is 2.63. The molecule has 1 rings (SSSR count). The Morgan fingerprint density at radius 1 is 1.41 bits per heavy atom. The molecule has 0 fully saturated rings. The molecule has 98 valence electrons. The van der Waals surface area contributed by atoms with E-state index >= 15 is 0 Å². The Morgan fingerprint density at radius 2 is 2.06 bits per heavy atom. The van der Waals surface area contributed by atoms with E-state index in [0.717, 1.165) is 18.7 Å². The van der Waals surface area contributed by atoms with Crippen LogP contribution >= 0.6 is 0 Å². The van der Waals surface area contributed by atoms with Gasteiger partial charge in [0.1, 0.15) is 5.69 Å². The third-order valence-corrected chi connectivity index (χ3v) is 2.92. The molecule has 0 aliphatic carbocycles. The lowest BCUT2D eigenvalue weighted by Gasteiger charge is -2.22. The molecule has 1 aromatic rings. The Morgan fingerprint density at radius 3 is 2.59 bits per heavy atom. The maximum Gasteiger partial charge on any atom is 0.236 e. The molecule has 5 nitrogen and oxygen atoms in total. The van der Waals surface area contributed by atoms with Crippen molar-refractivity contribution < 1.29 is 9.47 Å². The minimum atomic E-state index is -0.180. The average Bonchev–Trinajstić information content (AvgIpc) is 2.56. The highest BCUT2D eigenvalue weighted by molar-refractivity contribution is 5.52. The Labute approximate surface area is 103 Å². The number of methoxy groups -OCH3 is 1. The van der Waals surface area contributed by atoms with Gasteiger partial charge in [-0.25, -0.2) is 4.68 Å². The highest BCUT2D eigenvalue weighted by Gasteiger charge is 2.18. The molecular weight excluding hydrogens is 218 g/mol. The summed E-state index contributed by atoms with van der Waals surface area (Å²) in [5, 5.41) is 4.30. The molecule has 17 heavy (non-hydrogen) atoms. The predicted octanol–water partition coefficient (Wildman–Crippen LogP) is 1.99. The van der Waals surface area contributed by atoms with Gasteiger partial charge in [0.2, 0.25) is 5.88 Å². The molecule has 0 unspecified atom stereocenters. The largest absolute Gasteiger partial charge is 0.476 e. The fourth-order valence-electron chi connectivity index (χ4n) is 1.44. The summed E-state index contributed by atoms with van der Waals surface area (Å²) in [6.45, 7) is 9.27. The number of aryl methyl sites for hydroxylation is 2. The van der Waals surface area contributed by atoms with Crippen LogP contribution in [0.2, 0.25) is 0 Å². The molecule has 0 saturated carbocycles. The lowest BCUT2D eigenvalue weighted by Crippen LogP contribution is -2.25. The van der Waals surface area contributed by atoms with E-state index in [4.69, 9.17) is 15.2 Å². The van der Waals surface area contributed by atoms with Crippen LogP contribution in [0.15, 0.2) is 0 Å². The van der Waals surface area contributed by atoms with Gasteiger partial charge in [-0.2, -0.15) is 5.10 Å². The van der Waals surface area contributed by atoms with Crippen molar-refractivity contribution in [2.75, 3.05) is 19.5 Å². The number of ether oxygens (including phenoxy) is 2. The lowest BCUT2D eigenvalue weighted by molar-refractivity contribution is 0.00474. The predicted molar refractivity (Wildman–Crippen MR) is 68.3 cm³/mol. The molecule has 0 radical (unpaired) electrons. The van der Waals surface area contributed by atoms with Gasteiger partial charge < -0.3 is 15.2 Å². The van der Waals surface area contributed by atoms with Crippen LogP contribution in [-0.4, -0.2) is 29.1 Å². The highest BCUT2D eigenvalue weighted by Crippen LogP contribution is 2.25. The maximum absolute atomic E-state index is 5.92. The van der Waals surface area contributed by atoms with Gasteiger partial charge in [-0.1, -0.05) is 0 Å². The van der Waals surface area contributed by atoms with Crippen molar-refractivity contribution in [3.8, 4) is 5.88 Å². The van der Waals surface area contributed by atoms with Gasteiger partial charge in [-0.05, 0) is 27.7 Å². The number of nitrogen functional groups attached to an aromatic ring is 1. The molecule has 0 aliphatic heterocycles. The quantitative estimate of drug-likeness (QED) is 0.827. The molecule has 0 saturated heterocycles. The van der Waals surface area contributed by atoms with Gasteiger partial charge >= 0.3 is 0 Å². The van der Waals surface area contributed by atoms with Crippen molar-refractivity contribution in [3.05, 3.63) is 5.69 Å². The van der Waals surface area contributed by atoms with Crippen molar-refractivity contribution in [2.24, 2.45) is 0 Å². The average molecular weight is 241 g/mol. The molecule has 1 heterocycles. The van der Waals surface area contributed by atoms with Gasteiger partial charge in [0, 0.05) is 20.1 Å². The van der Waals surface area contributed by atoms with Crippen LogP contribution in [-0.2, 0) is 11.3 Å². The van der Waals surface area contributed by atoms with Gasteiger partial charge in [-0.3, -0.25) is 0 Å². The molecule has 0 atom stereocenters. The van der Waals surface area contributed by atoms with Gasteiger partial charge in [0.05, 0.1) is 17.9 Å². The smallest absolute Gasteiger partial charge is 0.236 e. The van der Waals surface area contributed by atoms with E-state index in [1.165, 1.54) is 0 Å². The summed E-state index contributed by atoms with van der Waals surface area (Å²) in [7, 11) is 1.70. The molecule has 1 aromatic heterocycles. The Bertz CT molecular complexity index is 372. The van der Waals surface area contributed by atoms with Crippen molar-refractivity contribution in [1.29, 1.82) is 0 Å². The Kier molecular flexibility index (Phi) is 4.40. The topological polar surface area (TPSA) is 62.3 Å². The number of aromatic nitrogens is 2. The molecule has 0 bridgehead atoms. The van der Waals surface area contributed by atoms with E-state index in [0.29, 0.717) is 18.2 Å². The number of rotatable bonds is 6. The van der Waals surface area contributed by atoms with Gasteiger partial charge in [0.25, 0.3) is 0 Å². The van der Waals surface area contributed by atoms with Crippen molar-refractivity contribution >= 4 is 5.69 Å². The minimum absolute atomic E-state index is 0.180. The number of nitrogens with two attached hydrogens (primary N) is 1. The zero-order valence-corrected chi connectivity index (χ0v) is 11.4. The second-order valence-corrected chi connectivity index (χ2v) is 4.68. The van der Waals surface area contributed by atoms with Crippen LogP contribution in [0.25, 0.3) is 0 Å². The fourth-order valence-corrected chi connectivity index (χ4v) is 1.44. The SMILES string of the molecule is CCn1nc(C)c(N)c1OCCC(C)(C)OC. The number of hydrogen-bond donors (Lipinski definition) is 1. The first-order valence-electron chi connectivity index (χ1n) is 5.92. The van der Waals surface area contributed by atoms with Crippen LogP contribution in [0.1, 0.15) is 32.9 Å². The third-order valence-electron chi connectivity index (χ3n) is 2.92. The molecular formula is C12H23N3O2. The summed E-state index contributed by atoms with van der Waals surface area (Å²) in [6.07, 6.45) is 0.802. The van der Waals surface area contributed by atoms with Crippen LogP contribution < -0.4 is 10.5 Å². The summed E-state index contributed by atoms with van der Waals surface area (Å²) >= 11 is 0. The van der Waals surface area contributed by atoms with E-state index in [1.54, 1.807) is 11.8 Å². The highest BCUT2D eigenvalue weighted by atomic mass is 16.5. The monoisotopic (exact) mass is 241 g/mol. The van der Waals surface area contributed by atoms with Crippen molar-refractivity contribution in [3.63, 3.8) is 0 Å². The van der Waals surface area contributed by atoms with E-state index in [2.05, 4.69) is 5.10 Å². The maximum atomic E-state index is 5.92. The summed E-state index contributed by atoms with van der Waals surface area (Å²) in [5.74, 6) is 0.664. The number of hydrogen-bond acceptors (Lipinski definition) is 4. The third kappa shape index (κ3) is 3.36. The molecule has 0 aromatic carbocycles. The second-order valence-electron chi connectivity index (χ2n) is 4.68. The first-order chi connectivity index (χ1) is 7.91. The standard InChI is InChI=1S/C12H23N3O2/c1-6-15-11(10(13)9(2)14-15)17-8-7-12(3,4)16-5/h6-8,13H2,1-5H3. The van der Waals surface area contributed by atoms with Gasteiger partial charge in [0.15, 0.2) is 0 Å². The zero-order chi connectivity index (χ0) is 13.1. The number of anilines is 1. The fraction of sp³-hybridized carbons (Fsp3) is 0.750. The van der Waals surface area contributed by atoms with Crippen LogP contribution in [0.4, 0.5) is 5.69 Å². The summed E-state index contributed by atoms with van der Waals surface area (Å²) in [5.41, 5.74) is 7.18. The van der Waals surface area contributed by atoms with Crippen molar-refractivity contribution in [1.82, 2.24) is 9.78 Å². The van der Waals surface area contributed by atoms with E-state index in [-0.39, 0.29) is 5.60 Å². The van der Waals surface area contributed by atoms with Crippen LogP contribution in [0.3, 0.4) is 0 Å². The number of nitrogens with zero attached hydrogens (tertiary/aromatic N) is 2. The van der Waals surface area contributed by atoms with Crippen LogP contribution in [0.5, 0.6) is 5.88 Å². The normalized spacial score (nSPS) is 11.8. The molecule has 0 amide bonds. The van der Waals surface area contributed by atoms with Crippen molar-refractivity contribution in [2.45, 2.75) is 46.3 Å². The summed E-state index contributed by atoms with van der Waals surface area (Å²) in [6, 6.07) is 0. The molecule has 2 N–H and O–H groups in total. The first kappa shape index (κ1) is 13.8. The molecule has 0 spiro atoms. The van der Waals surface area contributed by atoms with E-state index in [9.17, 15) is 0 Å². The summed E-state index contributed by atoms with van der Waals surface area (Å²) < 4.78 is 12.8. The van der Waals surface area contributed by atoms with E-state index < -0.39 is 0 Å². The zero-order valence-electron chi connectivity index (χ0n) is 11.4. The second kappa shape index (κ2) is 5.40. The lowest BCUT2D eigenvalue weighted by atomic mass is 10.1. The van der Waals surface area contributed by atoms with Crippen LogP contribution in [0, 0.1) is 6.92 Å². The molecule has 5 heteroatoms. The van der Waals surface area contributed by atoms with Gasteiger partial charge in [-0.15, -0.1) is 0 Å². The Hall–Kier alpha value is -1.23. The minimum Gasteiger partial charge on any atom is -0.476 e. The summed E-state index contributed by atoms with van der Waals surface area (Å²) in [4.78, 5) is 0.